The first-order valence-corrected chi connectivity index (χ1v) is 5.70. The molecule has 0 unspecified atom stereocenters. The van der Waals surface area contributed by atoms with Crippen LogP contribution in [0.15, 0.2) is 0 Å². The molecule has 3 nitrogen and oxygen atoms in total. The predicted octanol–water partition coefficient (Wildman–Crippen LogP) is 1.57. The van der Waals surface area contributed by atoms with Crippen LogP contribution in [0.4, 0.5) is 0 Å². The minimum absolute atomic E-state index is 0.525. The van der Waals surface area contributed by atoms with E-state index < -0.39 is 0 Å². The summed E-state index contributed by atoms with van der Waals surface area (Å²) < 4.78 is 10.5. The second-order valence-electron chi connectivity index (χ2n) is 3.90. The molecular weight excluding hydrogens is 178 g/mol. The average Bonchev–Trinajstić information content (AvgIpc) is 2.13. The zero-order chi connectivity index (χ0) is 10.2. The molecule has 0 bridgehead atoms. The van der Waals surface area contributed by atoms with Crippen LogP contribution in [0.5, 0.6) is 0 Å². The van der Waals surface area contributed by atoms with Crippen LogP contribution in [0.1, 0.15) is 32.6 Å². The van der Waals surface area contributed by atoms with Gasteiger partial charge in [0.25, 0.3) is 0 Å². The van der Waals surface area contributed by atoms with Gasteiger partial charge in [0.2, 0.25) is 0 Å². The van der Waals surface area contributed by atoms with Gasteiger partial charge in [-0.3, -0.25) is 0 Å². The molecule has 0 heterocycles. The third kappa shape index (κ3) is 4.40. The van der Waals surface area contributed by atoms with Crippen LogP contribution in [-0.2, 0) is 9.47 Å². The Balaban J connectivity index is 1.81. The minimum atomic E-state index is 0.525. The first-order chi connectivity index (χ1) is 6.86. The Kier molecular flexibility index (Phi) is 6.15. The summed E-state index contributed by atoms with van der Waals surface area (Å²) in [5.41, 5.74) is 0. The van der Waals surface area contributed by atoms with Crippen molar-refractivity contribution in [2.45, 2.75) is 44.8 Å². The Labute approximate surface area is 87.2 Å². The number of ether oxygens (including phenoxy) is 2. The lowest BCUT2D eigenvalue weighted by Crippen LogP contribution is -2.45. The molecule has 0 aromatic heterocycles. The van der Waals surface area contributed by atoms with Crippen molar-refractivity contribution < 1.29 is 9.47 Å². The molecule has 0 aromatic carbocycles. The Morgan fingerprint density at radius 3 is 2.71 bits per heavy atom. The van der Waals surface area contributed by atoms with E-state index >= 15 is 0 Å². The van der Waals surface area contributed by atoms with Crippen LogP contribution < -0.4 is 5.32 Å². The highest BCUT2D eigenvalue weighted by Crippen LogP contribution is 2.22. The summed E-state index contributed by atoms with van der Waals surface area (Å²) >= 11 is 0. The summed E-state index contributed by atoms with van der Waals surface area (Å²) in [6.45, 7) is 4.91. The summed E-state index contributed by atoms with van der Waals surface area (Å²) in [6, 6.07) is 0.703. The van der Waals surface area contributed by atoms with E-state index in [1.165, 1.54) is 19.3 Å². The van der Waals surface area contributed by atoms with Crippen molar-refractivity contribution in [2.24, 2.45) is 0 Å². The smallest absolute Gasteiger partial charge is 0.0604 e. The lowest BCUT2D eigenvalue weighted by molar-refractivity contribution is -0.00983. The first kappa shape index (κ1) is 12.0. The molecule has 1 N–H and O–H groups in total. The van der Waals surface area contributed by atoms with Crippen molar-refractivity contribution in [1.82, 2.24) is 5.32 Å². The zero-order valence-corrected chi connectivity index (χ0v) is 9.42. The summed E-state index contributed by atoms with van der Waals surface area (Å²) in [7, 11) is 1.76. The SMILES string of the molecule is CCOC1CC(NCCCCOC)C1. The summed E-state index contributed by atoms with van der Waals surface area (Å²) in [4.78, 5) is 0. The quantitative estimate of drug-likeness (QED) is 0.605. The van der Waals surface area contributed by atoms with E-state index in [0.29, 0.717) is 12.1 Å². The number of methoxy groups -OCH3 is 1. The van der Waals surface area contributed by atoms with Gasteiger partial charge in [-0.1, -0.05) is 0 Å². The largest absolute Gasteiger partial charge is 0.385 e. The van der Waals surface area contributed by atoms with E-state index in [1.54, 1.807) is 7.11 Å². The molecule has 1 saturated carbocycles. The van der Waals surface area contributed by atoms with Crippen molar-refractivity contribution in [3.8, 4) is 0 Å². The maximum absolute atomic E-state index is 5.49. The molecule has 14 heavy (non-hydrogen) atoms. The number of hydrogen-bond donors (Lipinski definition) is 1. The fourth-order valence-electron chi connectivity index (χ4n) is 1.78. The van der Waals surface area contributed by atoms with E-state index in [0.717, 1.165) is 26.2 Å². The number of hydrogen-bond acceptors (Lipinski definition) is 3. The molecule has 0 radical (unpaired) electrons. The Morgan fingerprint density at radius 2 is 2.07 bits per heavy atom. The van der Waals surface area contributed by atoms with Gasteiger partial charge in [-0.15, -0.1) is 0 Å². The van der Waals surface area contributed by atoms with Crippen molar-refractivity contribution in [3.63, 3.8) is 0 Å². The molecule has 0 aliphatic heterocycles. The number of unbranched alkanes of at least 4 members (excludes halogenated alkanes) is 1. The molecule has 3 heteroatoms. The molecule has 0 amide bonds. The third-order valence-electron chi connectivity index (χ3n) is 2.71. The monoisotopic (exact) mass is 201 g/mol. The van der Waals surface area contributed by atoms with Crippen molar-refractivity contribution in [2.75, 3.05) is 26.9 Å². The van der Waals surface area contributed by atoms with Crippen molar-refractivity contribution >= 4 is 0 Å². The van der Waals surface area contributed by atoms with Crippen LogP contribution in [0.3, 0.4) is 0 Å². The molecule has 1 aliphatic rings. The van der Waals surface area contributed by atoms with Crippen molar-refractivity contribution in [3.05, 3.63) is 0 Å². The highest BCUT2D eigenvalue weighted by molar-refractivity contribution is 4.85. The molecule has 1 aliphatic carbocycles. The van der Waals surface area contributed by atoms with Crippen LogP contribution in [0.25, 0.3) is 0 Å². The van der Waals surface area contributed by atoms with Crippen LogP contribution >= 0.6 is 0 Å². The van der Waals surface area contributed by atoms with Gasteiger partial charge >= 0.3 is 0 Å². The Morgan fingerprint density at radius 1 is 1.29 bits per heavy atom. The molecule has 0 aromatic rings. The number of nitrogens with one attached hydrogen (secondary N) is 1. The highest BCUT2D eigenvalue weighted by atomic mass is 16.5. The fourth-order valence-corrected chi connectivity index (χ4v) is 1.78. The van der Waals surface area contributed by atoms with Crippen molar-refractivity contribution in [1.29, 1.82) is 0 Å². The Hall–Kier alpha value is -0.120. The zero-order valence-electron chi connectivity index (χ0n) is 9.42. The molecule has 0 atom stereocenters. The molecular formula is C11H23NO2. The van der Waals surface area contributed by atoms with Crippen LogP contribution in [0.2, 0.25) is 0 Å². The van der Waals surface area contributed by atoms with Gasteiger partial charge in [0.05, 0.1) is 6.10 Å². The molecule has 0 spiro atoms. The first-order valence-electron chi connectivity index (χ1n) is 5.70. The summed E-state index contributed by atoms with van der Waals surface area (Å²) in [5, 5.41) is 3.53. The van der Waals surface area contributed by atoms with Gasteiger partial charge in [0.1, 0.15) is 0 Å². The fraction of sp³-hybridized carbons (Fsp3) is 1.00. The van der Waals surface area contributed by atoms with Gasteiger partial charge in [-0.05, 0) is 39.2 Å². The maximum Gasteiger partial charge on any atom is 0.0604 e. The van der Waals surface area contributed by atoms with Gasteiger partial charge in [-0.2, -0.15) is 0 Å². The lowest BCUT2D eigenvalue weighted by Gasteiger charge is -2.35. The summed E-state index contributed by atoms with van der Waals surface area (Å²) in [6.07, 6.45) is 5.28. The predicted molar refractivity (Wildman–Crippen MR) is 57.5 cm³/mol. The normalized spacial score (nSPS) is 26.1. The standard InChI is InChI=1S/C11H23NO2/c1-3-14-11-8-10(9-11)12-6-4-5-7-13-2/h10-12H,3-9H2,1-2H3. The van der Waals surface area contributed by atoms with E-state index in [2.05, 4.69) is 12.2 Å². The topological polar surface area (TPSA) is 30.5 Å². The highest BCUT2D eigenvalue weighted by Gasteiger charge is 2.28. The van der Waals surface area contributed by atoms with Gasteiger partial charge in [0.15, 0.2) is 0 Å². The van der Waals surface area contributed by atoms with Gasteiger partial charge in [-0.25, -0.2) is 0 Å². The number of rotatable bonds is 8. The van der Waals surface area contributed by atoms with Gasteiger partial charge < -0.3 is 14.8 Å². The van der Waals surface area contributed by atoms with Crippen LogP contribution in [-0.4, -0.2) is 39.0 Å². The van der Waals surface area contributed by atoms with Gasteiger partial charge in [0, 0.05) is 26.4 Å². The Bertz CT molecular complexity index is 135. The molecule has 1 fully saturated rings. The van der Waals surface area contributed by atoms with Crippen LogP contribution in [0, 0.1) is 0 Å². The second-order valence-corrected chi connectivity index (χ2v) is 3.90. The molecule has 1 rings (SSSR count). The van der Waals surface area contributed by atoms with E-state index in [4.69, 9.17) is 9.47 Å². The maximum atomic E-state index is 5.49. The minimum Gasteiger partial charge on any atom is -0.385 e. The third-order valence-corrected chi connectivity index (χ3v) is 2.71. The van der Waals surface area contributed by atoms with E-state index in [1.807, 2.05) is 0 Å². The van der Waals surface area contributed by atoms with E-state index in [9.17, 15) is 0 Å². The van der Waals surface area contributed by atoms with E-state index in [-0.39, 0.29) is 0 Å². The lowest BCUT2D eigenvalue weighted by atomic mass is 9.89. The molecule has 84 valence electrons. The summed E-state index contributed by atoms with van der Waals surface area (Å²) in [5.74, 6) is 0. The molecule has 0 saturated heterocycles. The second kappa shape index (κ2) is 7.21. The average molecular weight is 201 g/mol.